The largest absolute Gasteiger partial charge is 0.335 e. The van der Waals surface area contributed by atoms with E-state index in [1.165, 1.54) is 4.90 Å². The lowest BCUT2D eigenvalue weighted by molar-refractivity contribution is -0.122. The molecule has 2 amide bonds. The zero-order valence-electron chi connectivity index (χ0n) is 16.0. The molecule has 0 saturated carbocycles. The Bertz CT molecular complexity index is 1300. The lowest BCUT2D eigenvalue weighted by Gasteiger charge is -2.30. The highest BCUT2D eigenvalue weighted by atomic mass is 35.5. The van der Waals surface area contributed by atoms with Gasteiger partial charge in [0.05, 0.1) is 12.2 Å². The molecule has 0 atom stereocenters. The van der Waals surface area contributed by atoms with E-state index in [9.17, 15) is 9.59 Å². The van der Waals surface area contributed by atoms with Gasteiger partial charge in [-0.15, -0.1) is 6.42 Å². The number of carbonyl (C=O) groups is 2. The zero-order chi connectivity index (χ0) is 21.4. The highest BCUT2D eigenvalue weighted by Crippen LogP contribution is 2.30. The molecule has 1 aliphatic heterocycles. The molecule has 0 bridgehead atoms. The lowest BCUT2D eigenvalue weighted by Crippen LogP contribution is -2.54. The minimum absolute atomic E-state index is 0.0160. The standard InChI is InChI=1S/C23H16ClN3O2S/c1-3-11-26-13-15(16-7-4-5-9-20(16)26)12-17-21(28)25-23(30)27(22(17)29)19-10-6-8-18(24)14(19)2/h1,4-10,12-13H,11H2,2H3,(H,25,28,30)/b17-12+. The van der Waals surface area contributed by atoms with Crippen LogP contribution in [0.2, 0.25) is 5.02 Å². The third kappa shape index (κ3) is 3.28. The summed E-state index contributed by atoms with van der Waals surface area (Å²) >= 11 is 11.5. The fourth-order valence-electron chi connectivity index (χ4n) is 3.49. The van der Waals surface area contributed by atoms with Gasteiger partial charge in [-0.05, 0) is 49.0 Å². The molecule has 148 valence electrons. The van der Waals surface area contributed by atoms with Crippen molar-refractivity contribution in [3.8, 4) is 12.3 Å². The molecule has 1 N–H and O–H groups in total. The number of hydrogen-bond acceptors (Lipinski definition) is 3. The van der Waals surface area contributed by atoms with E-state index in [0.717, 1.165) is 16.5 Å². The van der Waals surface area contributed by atoms with Gasteiger partial charge in [0.2, 0.25) is 0 Å². The Morgan fingerprint density at radius 3 is 2.73 bits per heavy atom. The van der Waals surface area contributed by atoms with Crippen molar-refractivity contribution in [2.45, 2.75) is 13.5 Å². The van der Waals surface area contributed by atoms with Crippen molar-refractivity contribution in [2.75, 3.05) is 4.90 Å². The van der Waals surface area contributed by atoms with Crippen molar-refractivity contribution in [2.24, 2.45) is 0 Å². The summed E-state index contributed by atoms with van der Waals surface area (Å²) in [5.74, 6) is 1.56. The number of para-hydroxylation sites is 1. The molecule has 7 heteroatoms. The number of hydrogen-bond donors (Lipinski definition) is 1. The molecule has 30 heavy (non-hydrogen) atoms. The molecule has 0 spiro atoms. The Morgan fingerprint density at radius 1 is 1.20 bits per heavy atom. The Hall–Kier alpha value is -3.40. The molecule has 0 radical (unpaired) electrons. The summed E-state index contributed by atoms with van der Waals surface area (Å²) in [6, 6.07) is 12.9. The van der Waals surface area contributed by atoms with Gasteiger partial charge in [0.25, 0.3) is 11.8 Å². The van der Waals surface area contributed by atoms with Gasteiger partial charge < -0.3 is 4.57 Å². The predicted molar refractivity (Wildman–Crippen MR) is 123 cm³/mol. The predicted octanol–water partition coefficient (Wildman–Crippen LogP) is 4.07. The first kappa shape index (κ1) is 19.9. The number of thiocarbonyl (C=S) groups is 1. The fraction of sp³-hybridized carbons (Fsp3) is 0.0870. The first-order valence-corrected chi connectivity index (χ1v) is 9.89. The van der Waals surface area contributed by atoms with Gasteiger partial charge in [-0.3, -0.25) is 19.8 Å². The van der Waals surface area contributed by atoms with Crippen LogP contribution in [0.25, 0.3) is 17.0 Å². The minimum atomic E-state index is -0.547. The number of fused-ring (bicyclic) bond motifs is 1. The van der Waals surface area contributed by atoms with Crippen molar-refractivity contribution in [1.29, 1.82) is 0 Å². The van der Waals surface area contributed by atoms with E-state index in [1.807, 2.05) is 35.0 Å². The molecule has 3 aromatic rings. The molecule has 4 rings (SSSR count). The van der Waals surface area contributed by atoms with Crippen LogP contribution in [0, 0.1) is 19.3 Å². The van der Waals surface area contributed by atoms with Crippen LogP contribution in [0.4, 0.5) is 5.69 Å². The molecule has 5 nitrogen and oxygen atoms in total. The Kier molecular flexibility index (Phi) is 5.17. The molecule has 2 aromatic carbocycles. The summed E-state index contributed by atoms with van der Waals surface area (Å²) in [4.78, 5) is 27.2. The number of terminal acetylenes is 1. The Balaban J connectivity index is 1.84. The van der Waals surface area contributed by atoms with Gasteiger partial charge >= 0.3 is 0 Å². The van der Waals surface area contributed by atoms with Gasteiger partial charge in [-0.2, -0.15) is 0 Å². The van der Waals surface area contributed by atoms with Crippen LogP contribution in [0.15, 0.2) is 54.2 Å². The Morgan fingerprint density at radius 2 is 1.97 bits per heavy atom. The SMILES string of the molecule is C#CCn1cc(/C=C2\C(=O)NC(=S)N(c3cccc(Cl)c3C)C2=O)c2ccccc21. The molecule has 0 unspecified atom stereocenters. The highest BCUT2D eigenvalue weighted by molar-refractivity contribution is 7.80. The molecule has 1 aliphatic rings. The molecular weight excluding hydrogens is 418 g/mol. The number of nitrogens with one attached hydrogen (secondary N) is 1. The van der Waals surface area contributed by atoms with Crippen LogP contribution in [-0.2, 0) is 16.1 Å². The Labute approximate surface area is 183 Å². The summed E-state index contributed by atoms with van der Waals surface area (Å²) in [7, 11) is 0. The average molecular weight is 434 g/mol. The second-order valence-corrected chi connectivity index (χ2v) is 7.57. The minimum Gasteiger partial charge on any atom is -0.335 e. The zero-order valence-corrected chi connectivity index (χ0v) is 17.6. The van der Waals surface area contributed by atoms with Crippen LogP contribution in [0.3, 0.4) is 0 Å². The van der Waals surface area contributed by atoms with Crippen LogP contribution >= 0.6 is 23.8 Å². The van der Waals surface area contributed by atoms with Gasteiger partial charge in [0, 0.05) is 27.7 Å². The van der Waals surface area contributed by atoms with Crippen LogP contribution in [0.1, 0.15) is 11.1 Å². The van der Waals surface area contributed by atoms with E-state index in [0.29, 0.717) is 22.8 Å². The summed E-state index contributed by atoms with van der Waals surface area (Å²) in [6.45, 7) is 2.17. The molecule has 2 heterocycles. The first-order chi connectivity index (χ1) is 14.4. The monoisotopic (exact) mass is 433 g/mol. The van der Waals surface area contributed by atoms with Crippen LogP contribution in [0.5, 0.6) is 0 Å². The van der Waals surface area contributed by atoms with Crippen LogP contribution in [-0.4, -0.2) is 21.5 Å². The molecule has 0 aliphatic carbocycles. The van der Waals surface area contributed by atoms with E-state index in [2.05, 4.69) is 11.2 Å². The van der Waals surface area contributed by atoms with Crippen molar-refractivity contribution in [3.63, 3.8) is 0 Å². The summed E-state index contributed by atoms with van der Waals surface area (Å²) in [5, 5.41) is 4.01. The molecular formula is C23H16ClN3O2S. The van der Waals surface area contributed by atoms with Gasteiger partial charge in [0.1, 0.15) is 5.57 Å². The van der Waals surface area contributed by atoms with Gasteiger partial charge in [-0.25, -0.2) is 0 Å². The van der Waals surface area contributed by atoms with E-state index >= 15 is 0 Å². The fourth-order valence-corrected chi connectivity index (χ4v) is 3.93. The molecule has 1 fully saturated rings. The number of amides is 2. The van der Waals surface area contributed by atoms with Crippen molar-refractivity contribution in [3.05, 3.63) is 70.4 Å². The maximum absolute atomic E-state index is 13.3. The van der Waals surface area contributed by atoms with E-state index in [1.54, 1.807) is 31.2 Å². The van der Waals surface area contributed by atoms with E-state index in [-0.39, 0.29) is 10.7 Å². The highest BCUT2D eigenvalue weighted by Gasteiger charge is 2.35. The number of nitrogens with zero attached hydrogens (tertiary/aromatic N) is 2. The summed E-state index contributed by atoms with van der Waals surface area (Å²) in [5.41, 5.74) is 2.83. The summed E-state index contributed by atoms with van der Waals surface area (Å²) < 4.78 is 1.90. The number of halogens is 1. The van der Waals surface area contributed by atoms with Crippen molar-refractivity contribution >= 4 is 63.4 Å². The third-order valence-corrected chi connectivity index (χ3v) is 5.66. The van der Waals surface area contributed by atoms with Gasteiger partial charge in [0.15, 0.2) is 5.11 Å². The smallest absolute Gasteiger partial charge is 0.270 e. The quantitative estimate of drug-likeness (QED) is 0.293. The second kappa shape index (κ2) is 7.79. The van der Waals surface area contributed by atoms with Crippen molar-refractivity contribution in [1.82, 2.24) is 9.88 Å². The van der Waals surface area contributed by atoms with Crippen molar-refractivity contribution < 1.29 is 9.59 Å². The normalized spacial score (nSPS) is 15.6. The van der Waals surface area contributed by atoms with E-state index < -0.39 is 11.8 Å². The maximum Gasteiger partial charge on any atom is 0.270 e. The average Bonchev–Trinajstić information content (AvgIpc) is 3.06. The first-order valence-electron chi connectivity index (χ1n) is 9.10. The number of anilines is 1. The maximum atomic E-state index is 13.3. The van der Waals surface area contributed by atoms with Gasteiger partial charge in [-0.1, -0.05) is 41.8 Å². The van der Waals surface area contributed by atoms with E-state index in [4.69, 9.17) is 30.2 Å². The van der Waals surface area contributed by atoms with Crippen LogP contribution < -0.4 is 10.2 Å². The second-order valence-electron chi connectivity index (χ2n) is 6.78. The third-order valence-electron chi connectivity index (χ3n) is 4.96. The number of aromatic nitrogens is 1. The lowest BCUT2D eigenvalue weighted by atomic mass is 10.1. The topological polar surface area (TPSA) is 54.3 Å². The number of benzene rings is 2. The molecule has 1 aromatic heterocycles. The summed E-state index contributed by atoms with van der Waals surface area (Å²) in [6.07, 6.45) is 8.88. The number of carbonyl (C=O) groups excluding carboxylic acids is 2. The molecule has 1 saturated heterocycles. The number of rotatable bonds is 3.